The number of phenols is 1. The van der Waals surface area contributed by atoms with Crippen LogP contribution < -0.4 is 0 Å². The lowest BCUT2D eigenvalue weighted by atomic mass is 10.1. The molecule has 0 amide bonds. The Bertz CT molecular complexity index is 915. The highest BCUT2D eigenvalue weighted by atomic mass is 16.3. The minimum atomic E-state index is 0.184. The van der Waals surface area contributed by atoms with Gasteiger partial charge in [-0.15, -0.1) is 10.2 Å². The Hall–Kier alpha value is -2.95. The number of benzene rings is 2. The summed E-state index contributed by atoms with van der Waals surface area (Å²) in [6, 6.07) is 14.9. The lowest BCUT2D eigenvalue weighted by Gasteiger charge is -2.01. The Balaban J connectivity index is 2.07. The van der Waals surface area contributed by atoms with E-state index in [0.29, 0.717) is 11.2 Å². The van der Waals surface area contributed by atoms with Crippen molar-refractivity contribution in [1.82, 2.24) is 19.8 Å². The van der Waals surface area contributed by atoms with Crippen molar-refractivity contribution in [3.63, 3.8) is 0 Å². The molecule has 0 aliphatic heterocycles. The third-order valence-electron chi connectivity index (χ3n) is 3.27. The highest BCUT2D eigenvalue weighted by molar-refractivity contribution is 5.83. The fourth-order valence-corrected chi connectivity index (χ4v) is 2.30. The molecule has 2 aromatic heterocycles. The van der Waals surface area contributed by atoms with Gasteiger partial charge in [0.25, 0.3) is 0 Å². The molecule has 0 saturated heterocycles. The summed E-state index contributed by atoms with van der Waals surface area (Å²) in [6.07, 6.45) is 1.77. The number of hydrogen-bond acceptors (Lipinski definition) is 4. The lowest BCUT2D eigenvalue weighted by molar-refractivity contribution is 0.476. The molecule has 0 spiro atoms. The molecule has 4 rings (SSSR count). The maximum atomic E-state index is 9.62. The van der Waals surface area contributed by atoms with Gasteiger partial charge in [0.2, 0.25) is 0 Å². The highest BCUT2D eigenvalue weighted by Gasteiger charge is 2.11. The van der Waals surface area contributed by atoms with Crippen LogP contribution in [0.25, 0.3) is 27.8 Å². The normalized spacial score (nSPS) is 11.2. The Labute approximate surface area is 114 Å². The van der Waals surface area contributed by atoms with Crippen LogP contribution in [0, 0.1) is 0 Å². The molecule has 0 aliphatic carbocycles. The SMILES string of the molecule is Oc1ccc2nnc3c(-c4ccccc4)cnn3c2c1. The van der Waals surface area contributed by atoms with E-state index in [1.165, 1.54) is 0 Å². The number of aromatic nitrogens is 4. The third kappa shape index (κ3) is 1.53. The lowest BCUT2D eigenvalue weighted by Crippen LogP contribution is -1.96. The summed E-state index contributed by atoms with van der Waals surface area (Å²) in [7, 11) is 0. The molecule has 5 heteroatoms. The van der Waals surface area contributed by atoms with Gasteiger partial charge in [-0.1, -0.05) is 30.3 Å². The second-order valence-electron chi connectivity index (χ2n) is 4.53. The summed E-state index contributed by atoms with van der Waals surface area (Å²) in [5.74, 6) is 0.184. The number of rotatable bonds is 1. The van der Waals surface area contributed by atoms with Crippen LogP contribution in [0.15, 0.2) is 54.7 Å². The van der Waals surface area contributed by atoms with Crippen LogP contribution in [0.4, 0.5) is 0 Å². The molecular formula is C15H10N4O. The van der Waals surface area contributed by atoms with Gasteiger partial charge in [0.15, 0.2) is 5.65 Å². The number of nitrogens with zero attached hydrogens (tertiary/aromatic N) is 4. The van der Waals surface area contributed by atoms with Crippen molar-refractivity contribution in [2.24, 2.45) is 0 Å². The quantitative estimate of drug-likeness (QED) is 0.572. The zero-order chi connectivity index (χ0) is 13.5. The first-order valence-corrected chi connectivity index (χ1v) is 6.21. The van der Waals surface area contributed by atoms with Gasteiger partial charge < -0.3 is 5.11 Å². The largest absolute Gasteiger partial charge is 0.508 e. The third-order valence-corrected chi connectivity index (χ3v) is 3.27. The van der Waals surface area contributed by atoms with E-state index in [1.54, 1.807) is 28.9 Å². The van der Waals surface area contributed by atoms with Crippen LogP contribution in [0.1, 0.15) is 0 Å². The molecule has 96 valence electrons. The number of phenolic OH excluding ortho intramolecular Hbond substituents is 1. The highest BCUT2D eigenvalue weighted by Crippen LogP contribution is 2.25. The van der Waals surface area contributed by atoms with Gasteiger partial charge in [0.1, 0.15) is 11.3 Å². The Morgan fingerprint density at radius 3 is 2.65 bits per heavy atom. The summed E-state index contributed by atoms with van der Waals surface area (Å²) in [6.45, 7) is 0. The molecule has 0 saturated carbocycles. The van der Waals surface area contributed by atoms with Gasteiger partial charge in [0, 0.05) is 11.6 Å². The van der Waals surface area contributed by atoms with Crippen LogP contribution in [0.2, 0.25) is 0 Å². The zero-order valence-corrected chi connectivity index (χ0v) is 10.4. The minimum absolute atomic E-state index is 0.184. The number of hydrogen-bond donors (Lipinski definition) is 1. The van der Waals surface area contributed by atoms with Crippen molar-refractivity contribution in [3.8, 4) is 16.9 Å². The molecule has 0 aliphatic rings. The molecule has 0 unspecified atom stereocenters. The number of fused-ring (bicyclic) bond motifs is 3. The summed E-state index contributed by atoms with van der Waals surface area (Å²) < 4.78 is 1.70. The molecule has 20 heavy (non-hydrogen) atoms. The van der Waals surface area contributed by atoms with Gasteiger partial charge in [0.05, 0.1) is 11.7 Å². The first kappa shape index (κ1) is 10.9. The van der Waals surface area contributed by atoms with Crippen LogP contribution in [-0.2, 0) is 0 Å². The maximum absolute atomic E-state index is 9.62. The molecule has 2 heterocycles. The fraction of sp³-hybridized carbons (Fsp3) is 0. The van der Waals surface area contributed by atoms with Crippen LogP contribution in [-0.4, -0.2) is 24.9 Å². The fourth-order valence-electron chi connectivity index (χ4n) is 2.30. The van der Waals surface area contributed by atoms with E-state index in [1.807, 2.05) is 30.3 Å². The summed E-state index contributed by atoms with van der Waals surface area (Å²) in [5.41, 5.74) is 4.06. The molecule has 4 aromatic rings. The standard InChI is InChI=1S/C15H10N4O/c20-11-6-7-13-14(8-11)19-15(18-17-13)12(9-16-19)10-4-2-1-3-5-10/h1-9,20H. The van der Waals surface area contributed by atoms with E-state index in [2.05, 4.69) is 15.3 Å². The predicted octanol–water partition coefficient (Wildman–Crippen LogP) is 2.65. The molecular weight excluding hydrogens is 252 g/mol. The molecule has 0 atom stereocenters. The van der Waals surface area contributed by atoms with E-state index >= 15 is 0 Å². The van der Waals surface area contributed by atoms with Gasteiger partial charge in [-0.2, -0.15) is 5.10 Å². The second-order valence-corrected chi connectivity index (χ2v) is 4.53. The molecule has 0 radical (unpaired) electrons. The molecule has 1 N–H and O–H groups in total. The van der Waals surface area contributed by atoms with Gasteiger partial charge in [-0.3, -0.25) is 0 Å². The van der Waals surface area contributed by atoms with Crippen molar-refractivity contribution in [2.75, 3.05) is 0 Å². The van der Waals surface area contributed by atoms with Crippen molar-refractivity contribution >= 4 is 16.7 Å². The molecule has 2 aromatic carbocycles. The monoisotopic (exact) mass is 262 g/mol. The van der Waals surface area contributed by atoms with Gasteiger partial charge in [-0.25, -0.2) is 4.52 Å². The average molecular weight is 262 g/mol. The van der Waals surface area contributed by atoms with E-state index in [0.717, 1.165) is 16.6 Å². The number of aromatic hydroxyl groups is 1. The van der Waals surface area contributed by atoms with Crippen molar-refractivity contribution in [1.29, 1.82) is 0 Å². The van der Waals surface area contributed by atoms with E-state index < -0.39 is 0 Å². The first-order chi connectivity index (χ1) is 9.83. The molecule has 0 bridgehead atoms. The first-order valence-electron chi connectivity index (χ1n) is 6.21. The van der Waals surface area contributed by atoms with Crippen LogP contribution >= 0.6 is 0 Å². The summed E-state index contributed by atoms with van der Waals surface area (Å²) >= 11 is 0. The summed E-state index contributed by atoms with van der Waals surface area (Å²) in [5, 5.41) is 22.4. The molecule has 0 fully saturated rings. The Morgan fingerprint density at radius 1 is 0.950 bits per heavy atom. The van der Waals surface area contributed by atoms with Crippen LogP contribution in [0.5, 0.6) is 5.75 Å². The average Bonchev–Trinajstić information content (AvgIpc) is 2.92. The van der Waals surface area contributed by atoms with E-state index in [9.17, 15) is 5.11 Å². The van der Waals surface area contributed by atoms with Gasteiger partial charge in [-0.05, 0) is 17.7 Å². The molecule has 5 nitrogen and oxygen atoms in total. The Morgan fingerprint density at radius 2 is 1.80 bits per heavy atom. The Kier molecular flexibility index (Phi) is 2.20. The predicted molar refractivity (Wildman–Crippen MR) is 75.4 cm³/mol. The second kappa shape index (κ2) is 4.03. The van der Waals surface area contributed by atoms with Crippen molar-refractivity contribution in [2.45, 2.75) is 0 Å². The van der Waals surface area contributed by atoms with Crippen molar-refractivity contribution in [3.05, 3.63) is 54.7 Å². The van der Waals surface area contributed by atoms with Crippen molar-refractivity contribution < 1.29 is 5.11 Å². The minimum Gasteiger partial charge on any atom is -0.508 e. The van der Waals surface area contributed by atoms with Crippen LogP contribution in [0.3, 0.4) is 0 Å². The van der Waals surface area contributed by atoms with Gasteiger partial charge >= 0.3 is 0 Å². The van der Waals surface area contributed by atoms with E-state index in [-0.39, 0.29) is 5.75 Å². The zero-order valence-electron chi connectivity index (χ0n) is 10.4. The van der Waals surface area contributed by atoms with E-state index in [4.69, 9.17) is 0 Å². The smallest absolute Gasteiger partial charge is 0.185 e. The topological polar surface area (TPSA) is 63.3 Å². The summed E-state index contributed by atoms with van der Waals surface area (Å²) in [4.78, 5) is 0. The maximum Gasteiger partial charge on any atom is 0.185 e.